The Morgan fingerprint density at radius 1 is 1.41 bits per heavy atom. The van der Waals surface area contributed by atoms with Gasteiger partial charge in [-0.05, 0) is 37.5 Å². The van der Waals surface area contributed by atoms with Crippen molar-refractivity contribution in [1.29, 1.82) is 5.26 Å². The molecule has 0 aromatic heterocycles. The van der Waals surface area contributed by atoms with Crippen LogP contribution in [-0.4, -0.2) is 12.6 Å². The number of nitriles is 1. The first-order valence-corrected chi connectivity index (χ1v) is 6.21. The molecule has 0 bridgehead atoms. The first-order valence-electron chi connectivity index (χ1n) is 6.21. The second kappa shape index (κ2) is 5.20. The van der Waals surface area contributed by atoms with Gasteiger partial charge in [-0.3, -0.25) is 0 Å². The van der Waals surface area contributed by atoms with Gasteiger partial charge in [0.05, 0.1) is 12.5 Å². The van der Waals surface area contributed by atoms with Crippen molar-refractivity contribution in [1.82, 2.24) is 0 Å². The zero-order chi connectivity index (χ0) is 12.3. The lowest BCUT2D eigenvalue weighted by atomic mass is 10.1. The molecule has 1 aliphatic rings. The lowest BCUT2D eigenvalue weighted by Crippen LogP contribution is -2.26. The largest absolute Gasteiger partial charge is 0.368 e. The Balaban J connectivity index is 2.10. The van der Waals surface area contributed by atoms with Gasteiger partial charge in [-0.25, -0.2) is 0 Å². The Kier molecular flexibility index (Phi) is 3.65. The zero-order valence-corrected chi connectivity index (χ0v) is 10.3. The second-order valence-electron chi connectivity index (χ2n) is 4.71. The van der Waals surface area contributed by atoms with Gasteiger partial charge in [-0.2, -0.15) is 5.26 Å². The Morgan fingerprint density at radius 3 is 2.53 bits per heavy atom. The highest BCUT2D eigenvalue weighted by atomic mass is 15.2. The normalized spacial score (nSPS) is 16.3. The molecule has 1 unspecified atom stereocenters. The molecule has 1 fully saturated rings. The third kappa shape index (κ3) is 2.98. The molecular formula is C14H19N3. The Labute approximate surface area is 103 Å². The van der Waals surface area contributed by atoms with E-state index in [1.165, 1.54) is 18.5 Å². The van der Waals surface area contributed by atoms with Crippen molar-refractivity contribution in [3.63, 3.8) is 0 Å². The predicted octanol–water partition coefficient (Wildman–Crippen LogP) is 2.59. The third-order valence-electron chi connectivity index (χ3n) is 3.20. The molecule has 1 aromatic carbocycles. The number of anilines is 1. The Hall–Kier alpha value is -1.53. The van der Waals surface area contributed by atoms with Crippen molar-refractivity contribution in [2.24, 2.45) is 5.73 Å². The first kappa shape index (κ1) is 11.9. The van der Waals surface area contributed by atoms with Gasteiger partial charge in [0, 0.05) is 24.3 Å². The average molecular weight is 229 g/mol. The summed E-state index contributed by atoms with van der Waals surface area (Å²) in [5.41, 5.74) is 8.21. The quantitative estimate of drug-likeness (QED) is 0.844. The van der Waals surface area contributed by atoms with Crippen LogP contribution in [0.15, 0.2) is 24.3 Å². The van der Waals surface area contributed by atoms with Crippen LogP contribution >= 0.6 is 0 Å². The van der Waals surface area contributed by atoms with E-state index in [-0.39, 0.29) is 6.04 Å². The van der Waals surface area contributed by atoms with E-state index < -0.39 is 0 Å². The molecule has 1 aromatic rings. The molecule has 2 N–H and O–H groups in total. The van der Waals surface area contributed by atoms with Crippen molar-refractivity contribution < 1.29 is 0 Å². The molecule has 0 amide bonds. The molecule has 17 heavy (non-hydrogen) atoms. The van der Waals surface area contributed by atoms with Crippen LogP contribution in [0.3, 0.4) is 0 Å². The second-order valence-corrected chi connectivity index (χ2v) is 4.71. The van der Waals surface area contributed by atoms with E-state index in [2.05, 4.69) is 35.2 Å². The van der Waals surface area contributed by atoms with Gasteiger partial charge >= 0.3 is 0 Å². The number of hydrogen-bond donors (Lipinski definition) is 1. The number of rotatable bonds is 5. The van der Waals surface area contributed by atoms with Gasteiger partial charge in [0.1, 0.15) is 0 Å². The van der Waals surface area contributed by atoms with E-state index >= 15 is 0 Å². The lowest BCUT2D eigenvalue weighted by molar-refractivity contribution is 0.788. The molecule has 0 spiro atoms. The molecule has 0 aliphatic heterocycles. The summed E-state index contributed by atoms with van der Waals surface area (Å²) in [4.78, 5) is 2.34. The summed E-state index contributed by atoms with van der Waals surface area (Å²) in [5, 5.41) is 8.69. The lowest BCUT2D eigenvalue weighted by Gasteiger charge is -2.24. The van der Waals surface area contributed by atoms with Crippen LogP contribution in [0.1, 0.15) is 37.8 Å². The minimum atomic E-state index is 0.0810. The predicted molar refractivity (Wildman–Crippen MR) is 69.6 cm³/mol. The van der Waals surface area contributed by atoms with Gasteiger partial charge in [-0.15, -0.1) is 0 Å². The van der Waals surface area contributed by atoms with E-state index in [9.17, 15) is 0 Å². The fourth-order valence-corrected chi connectivity index (χ4v) is 2.05. The summed E-state index contributed by atoms with van der Waals surface area (Å²) in [7, 11) is 0. The summed E-state index contributed by atoms with van der Waals surface area (Å²) in [6, 6.07) is 11.4. The maximum atomic E-state index is 8.69. The average Bonchev–Trinajstić information content (AvgIpc) is 3.14. The van der Waals surface area contributed by atoms with E-state index in [1.54, 1.807) is 0 Å². The van der Waals surface area contributed by atoms with Crippen LogP contribution in [-0.2, 0) is 0 Å². The maximum absolute atomic E-state index is 8.69. The van der Waals surface area contributed by atoms with Gasteiger partial charge in [0.15, 0.2) is 0 Å². The van der Waals surface area contributed by atoms with Crippen LogP contribution in [0.5, 0.6) is 0 Å². The summed E-state index contributed by atoms with van der Waals surface area (Å²) >= 11 is 0. The topological polar surface area (TPSA) is 53.0 Å². The van der Waals surface area contributed by atoms with Crippen LogP contribution < -0.4 is 10.6 Å². The van der Waals surface area contributed by atoms with Crippen molar-refractivity contribution >= 4 is 5.69 Å². The highest BCUT2D eigenvalue weighted by Crippen LogP contribution is 2.32. The number of nitrogens with two attached hydrogens (primary N) is 1. The van der Waals surface area contributed by atoms with Crippen molar-refractivity contribution in [3.8, 4) is 6.07 Å². The van der Waals surface area contributed by atoms with Crippen molar-refractivity contribution in [3.05, 3.63) is 29.8 Å². The van der Waals surface area contributed by atoms with Crippen molar-refractivity contribution in [2.75, 3.05) is 11.4 Å². The summed E-state index contributed by atoms with van der Waals surface area (Å²) in [5.74, 6) is 0. The molecule has 1 atom stereocenters. The number of nitrogens with zero attached hydrogens (tertiary/aromatic N) is 2. The van der Waals surface area contributed by atoms with Gasteiger partial charge in [0.2, 0.25) is 0 Å². The highest BCUT2D eigenvalue weighted by Gasteiger charge is 2.28. The maximum Gasteiger partial charge on any atom is 0.0640 e. The van der Waals surface area contributed by atoms with Gasteiger partial charge < -0.3 is 10.6 Å². The Bertz CT molecular complexity index is 398. The van der Waals surface area contributed by atoms with Gasteiger partial charge in [0.25, 0.3) is 0 Å². The molecular weight excluding hydrogens is 210 g/mol. The molecule has 1 saturated carbocycles. The van der Waals surface area contributed by atoms with Gasteiger partial charge in [-0.1, -0.05) is 12.1 Å². The Morgan fingerprint density at radius 2 is 2.06 bits per heavy atom. The van der Waals surface area contributed by atoms with Crippen LogP contribution in [0.25, 0.3) is 0 Å². The van der Waals surface area contributed by atoms with E-state index in [0.717, 1.165) is 12.1 Å². The van der Waals surface area contributed by atoms with E-state index in [4.69, 9.17) is 11.0 Å². The minimum Gasteiger partial charge on any atom is -0.368 e. The fourth-order valence-electron chi connectivity index (χ4n) is 2.05. The SMILES string of the molecule is CC(N)c1ccc(N(CCC#N)C2CC2)cc1. The molecule has 1 aliphatic carbocycles. The van der Waals surface area contributed by atoms with E-state index in [1.807, 2.05) is 6.92 Å². The van der Waals surface area contributed by atoms with Crippen LogP contribution in [0.4, 0.5) is 5.69 Å². The van der Waals surface area contributed by atoms with Crippen LogP contribution in [0.2, 0.25) is 0 Å². The molecule has 3 nitrogen and oxygen atoms in total. The molecule has 90 valence electrons. The molecule has 0 saturated heterocycles. The number of hydrogen-bond acceptors (Lipinski definition) is 3. The molecule has 2 rings (SSSR count). The monoisotopic (exact) mass is 229 g/mol. The minimum absolute atomic E-state index is 0.0810. The standard InChI is InChI=1S/C14H19N3/c1-11(16)12-3-5-13(6-4-12)17(10-2-9-15)14-7-8-14/h3-6,11,14H,2,7-8,10,16H2,1H3. The zero-order valence-electron chi connectivity index (χ0n) is 10.3. The summed E-state index contributed by atoms with van der Waals surface area (Å²) < 4.78 is 0. The fraction of sp³-hybridized carbons (Fsp3) is 0.500. The molecule has 0 radical (unpaired) electrons. The first-order chi connectivity index (χ1) is 8.22. The summed E-state index contributed by atoms with van der Waals surface area (Å²) in [6.07, 6.45) is 3.09. The highest BCUT2D eigenvalue weighted by molar-refractivity contribution is 5.50. The smallest absolute Gasteiger partial charge is 0.0640 e. The summed E-state index contributed by atoms with van der Waals surface area (Å²) in [6.45, 7) is 2.82. The molecule has 3 heteroatoms. The van der Waals surface area contributed by atoms with Crippen LogP contribution in [0, 0.1) is 11.3 Å². The third-order valence-corrected chi connectivity index (χ3v) is 3.20. The van der Waals surface area contributed by atoms with E-state index in [0.29, 0.717) is 12.5 Å². The molecule has 0 heterocycles. The van der Waals surface area contributed by atoms with Crippen molar-refractivity contribution in [2.45, 2.75) is 38.3 Å². The number of benzene rings is 1.